The maximum Gasteiger partial charge on any atom is 0.253 e. The van der Waals surface area contributed by atoms with Crippen LogP contribution in [0.15, 0.2) is 79.9 Å². The molecule has 0 radical (unpaired) electrons. The molecule has 3 aliphatic rings. The van der Waals surface area contributed by atoms with Gasteiger partial charge in [-0.2, -0.15) is 0 Å². The zero-order valence-electron chi connectivity index (χ0n) is 25.7. The van der Waals surface area contributed by atoms with Crippen LogP contribution in [0.1, 0.15) is 32.3 Å². The van der Waals surface area contributed by atoms with Crippen LogP contribution >= 0.6 is 27.5 Å². The van der Waals surface area contributed by atoms with Crippen molar-refractivity contribution in [1.82, 2.24) is 9.80 Å². The van der Waals surface area contributed by atoms with E-state index in [1.807, 2.05) is 44.2 Å². The highest BCUT2D eigenvalue weighted by atomic mass is 79.9. The number of rotatable bonds is 13. The molecule has 2 aromatic carbocycles. The third-order valence-corrected chi connectivity index (χ3v) is 10.4. The van der Waals surface area contributed by atoms with Gasteiger partial charge in [0.05, 0.1) is 41.3 Å². The second kappa shape index (κ2) is 13.8. The van der Waals surface area contributed by atoms with E-state index in [0.717, 1.165) is 5.56 Å². The van der Waals surface area contributed by atoms with Gasteiger partial charge >= 0.3 is 0 Å². The number of carbonyl (C=O) groups excluding carboxylic acids is 3. The van der Waals surface area contributed by atoms with Crippen molar-refractivity contribution in [3.63, 3.8) is 0 Å². The molecule has 240 valence electrons. The number of nitrogens with zero attached hydrogens (tertiary/aromatic N) is 3. The maximum absolute atomic E-state index is 14.9. The summed E-state index contributed by atoms with van der Waals surface area (Å²) in [5.41, 5.74) is 0.146. The summed E-state index contributed by atoms with van der Waals surface area (Å²) in [5, 5.41) is 11.0. The third-order valence-electron chi connectivity index (χ3n) is 9.19. The van der Waals surface area contributed by atoms with Gasteiger partial charge in [0.25, 0.3) is 5.91 Å². The molecule has 3 saturated heterocycles. The van der Waals surface area contributed by atoms with E-state index in [-0.39, 0.29) is 48.2 Å². The molecule has 2 aromatic rings. The van der Waals surface area contributed by atoms with Gasteiger partial charge < -0.3 is 24.5 Å². The van der Waals surface area contributed by atoms with E-state index in [0.29, 0.717) is 30.1 Å². The Hall–Kier alpha value is -2.98. The van der Waals surface area contributed by atoms with Crippen molar-refractivity contribution in [3.8, 4) is 0 Å². The van der Waals surface area contributed by atoms with E-state index >= 15 is 0 Å². The molecule has 3 unspecified atom stereocenters. The van der Waals surface area contributed by atoms with Gasteiger partial charge in [-0.1, -0.05) is 96.0 Å². The van der Waals surface area contributed by atoms with Crippen LogP contribution in [0.3, 0.4) is 0 Å². The molecule has 2 bridgehead atoms. The second-order valence-corrected chi connectivity index (χ2v) is 14.1. The summed E-state index contributed by atoms with van der Waals surface area (Å²) in [6.07, 6.45) is 3.50. The van der Waals surface area contributed by atoms with E-state index < -0.39 is 35.6 Å². The Labute approximate surface area is 278 Å². The highest BCUT2D eigenvalue weighted by molar-refractivity contribution is 9.09. The van der Waals surface area contributed by atoms with Crippen LogP contribution in [0.2, 0.25) is 5.02 Å². The summed E-state index contributed by atoms with van der Waals surface area (Å²) < 4.78 is 6.77. The van der Waals surface area contributed by atoms with Gasteiger partial charge in [0, 0.05) is 24.5 Å². The lowest BCUT2D eigenvalue weighted by Crippen LogP contribution is -2.59. The molecule has 3 heterocycles. The number of ether oxygens (including phenoxy) is 1. The van der Waals surface area contributed by atoms with E-state index in [4.69, 9.17) is 16.3 Å². The minimum atomic E-state index is -1.29. The van der Waals surface area contributed by atoms with E-state index in [1.54, 1.807) is 41.3 Å². The number of hydrogen-bond donors (Lipinski definition) is 1. The SMILES string of the molecule is C=CCN(Cc1ccccc1)C(=O)[C@H]1[C@@H]2OC3(CC2Br)C(C(=O)N(CC=C)c2ccccc2Cl)N([C@@H](CO)CC(C)C)C(=O)[C@H]13. The third kappa shape index (κ3) is 6.00. The Morgan fingerprint density at radius 3 is 2.40 bits per heavy atom. The van der Waals surface area contributed by atoms with Crippen LogP contribution in [0.5, 0.6) is 0 Å². The molecule has 7 atom stereocenters. The molecule has 0 saturated carbocycles. The summed E-state index contributed by atoms with van der Waals surface area (Å²) in [6.45, 7) is 12.2. The minimum absolute atomic E-state index is 0.129. The number of fused-ring (bicyclic) bond motifs is 1. The lowest BCUT2D eigenvalue weighted by molar-refractivity contribution is -0.147. The van der Waals surface area contributed by atoms with Crippen molar-refractivity contribution in [3.05, 3.63) is 90.5 Å². The van der Waals surface area contributed by atoms with E-state index in [1.165, 1.54) is 9.80 Å². The summed E-state index contributed by atoms with van der Waals surface area (Å²) in [4.78, 5) is 48.6. The quantitative estimate of drug-likeness (QED) is 0.229. The number of aliphatic hydroxyl groups is 1. The Bertz CT molecular complexity index is 1440. The van der Waals surface area contributed by atoms with Crippen molar-refractivity contribution in [1.29, 1.82) is 0 Å². The number of hydrogen-bond acceptors (Lipinski definition) is 5. The number of alkyl halides is 1. The van der Waals surface area contributed by atoms with Crippen LogP contribution in [0.25, 0.3) is 0 Å². The zero-order chi connectivity index (χ0) is 32.5. The van der Waals surface area contributed by atoms with Gasteiger partial charge in [0.1, 0.15) is 11.6 Å². The highest BCUT2D eigenvalue weighted by Crippen LogP contribution is 2.61. The van der Waals surface area contributed by atoms with Crippen LogP contribution < -0.4 is 4.90 Å². The molecule has 1 N–H and O–H groups in total. The number of halogens is 2. The number of aliphatic hydroxyl groups excluding tert-OH is 1. The molecule has 8 nitrogen and oxygen atoms in total. The Morgan fingerprint density at radius 2 is 1.78 bits per heavy atom. The average molecular weight is 699 g/mol. The van der Waals surface area contributed by atoms with Crippen LogP contribution in [0, 0.1) is 17.8 Å². The molecule has 1 spiro atoms. The Kier molecular flexibility index (Phi) is 10.2. The van der Waals surface area contributed by atoms with Crippen molar-refractivity contribution in [2.24, 2.45) is 17.8 Å². The number of para-hydroxylation sites is 1. The number of amides is 3. The molecule has 0 aromatic heterocycles. The summed E-state index contributed by atoms with van der Waals surface area (Å²) >= 11 is 10.4. The van der Waals surface area contributed by atoms with Gasteiger partial charge in [-0.15, -0.1) is 13.2 Å². The van der Waals surface area contributed by atoms with Crippen LogP contribution in [0.4, 0.5) is 5.69 Å². The van der Waals surface area contributed by atoms with Gasteiger partial charge in [-0.25, -0.2) is 0 Å². The summed E-state index contributed by atoms with van der Waals surface area (Å²) in [5.74, 6) is -2.56. The van der Waals surface area contributed by atoms with Gasteiger partial charge in [-0.3, -0.25) is 14.4 Å². The van der Waals surface area contributed by atoms with Crippen LogP contribution in [-0.2, 0) is 25.7 Å². The fraction of sp³-hybridized carbons (Fsp3) is 0.457. The topological polar surface area (TPSA) is 90.4 Å². The van der Waals surface area contributed by atoms with Crippen molar-refractivity contribution in [2.45, 2.75) is 61.8 Å². The number of likely N-dealkylation sites (tertiary alicyclic amines) is 1. The molecule has 3 aliphatic heterocycles. The predicted molar refractivity (Wildman–Crippen MR) is 179 cm³/mol. The first kappa shape index (κ1) is 33.4. The van der Waals surface area contributed by atoms with Crippen molar-refractivity contribution < 1.29 is 24.2 Å². The fourth-order valence-electron chi connectivity index (χ4n) is 7.50. The average Bonchev–Trinajstić information content (AvgIpc) is 3.62. The van der Waals surface area contributed by atoms with Crippen molar-refractivity contribution in [2.75, 3.05) is 24.6 Å². The fourth-order valence-corrected chi connectivity index (χ4v) is 8.68. The molecular formula is C35H41BrClN3O5. The lowest BCUT2D eigenvalue weighted by atomic mass is 9.70. The first-order valence-corrected chi connectivity index (χ1v) is 16.7. The standard InChI is InChI=1S/C35H41BrClN3O5/c1-5-16-38(20-23-12-8-7-9-13-23)32(42)28-29-33(43)40(24(21-41)18-22(3)4)31(35(29)19-25(36)30(28)45-35)34(44)39(17-6-2)27-15-11-10-14-26(27)37/h5-15,22,24-25,28-31,41H,1-2,16-21H2,3-4H3/t24-,25?,28-,29+,30-,31?,35?/m1/s1. The smallest absolute Gasteiger partial charge is 0.253 e. The van der Waals surface area contributed by atoms with Gasteiger partial charge in [-0.05, 0) is 36.5 Å². The zero-order valence-corrected chi connectivity index (χ0v) is 28.1. The number of benzene rings is 2. The van der Waals surface area contributed by atoms with E-state index in [9.17, 15) is 19.5 Å². The molecule has 45 heavy (non-hydrogen) atoms. The normalized spacial score (nSPS) is 27.4. The summed E-state index contributed by atoms with van der Waals surface area (Å²) in [6, 6.07) is 15.0. The molecule has 3 amide bonds. The van der Waals surface area contributed by atoms with E-state index in [2.05, 4.69) is 29.1 Å². The molecule has 10 heteroatoms. The van der Waals surface area contributed by atoms with Gasteiger partial charge in [0.15, 0.2) is 0 Å². The largest absolute Gasteiger partial charge is 0.394 e. The maximum atomic E-state index is 14.9. The first-order chi connectivity index (χ1) is 21.6. The summed E-state index contributed by atoms with van der Waals surface area (Å²) in [7, 11) is 0. The minimum Gasteiger partial charge on any atom is -0.394 e. The van der Waals surface area contributed by atoms with Crippen LogP contribution in [-0.4, -0.2) is 80.9 Å². The molecule has 0 aliphatic carbocycles. The highest BCUT2D eigenvalue weighted by Gasteiger charge is 2.77. The molecular weight excluding hydrogens is 658 g/mol. The number of anilines is 1. The molecule has 5 rings (SSSR count). The van der Waals surface area contributed by atoms with Crippen molar-refractivity contribution >= 4 is 50.9 Å². The molecule has 3 fully saturated rings. The first-order valence-electron chi connectivity index (χ1n) is 15.4. The second-order valence-electron chi connectivity index (χ2n) is 12.6. The number of carbonyl (C=O) groups is 3. The Balaban J connectivity index is 1.61. The predicted octanol–water partition coefficient (Wildman–Crippen LogP) is 5.23. The monoisotopic (exact) mass is 697 g/mol. The van der Waals surface area contributed by atoms with Gasteiger partial charge in [0.2, 0.25) is 11.8 Å². The Morgan fingerprint density at radius 1 is 1.11 bits per heavy atom. The lowest BCUT2D eigenvalue weighted by Gasteiger charge is -2.40.